The van der Waals surface area contributed by atoms with Crippen LogP contribution in [-0.2, 0) is 11.2 Å². The maximum Gasteiger partial charge on any atom is 0.222 e. The summed E-state index contributed by atoms with van der Waals surface area (Å²) in [5, 5.41) is 4.17. The Labute approximate surface area is 147 Å². The van der Waals surface area contributed by atoms with Crippen LogP contribution < -0.4 is 9.47 Å². The number of hydrogen-bond acceptors (Lipinski definition) is 4. The third kappa shape index (κ3) is 3.90. The molecule has 0 aliphatic carbocycles. The lowest BCUT2D eigenvalue weighted by Crippen LogP contribution is -2.28. The molecule has 0 unspecified atom stereocenters. The number of hydrogen-bond donors (Lipinski definition) is 0. The van der Waals surface area contributed by atoms with Crippen LogP contribution in [0, 0.1) is 0 Å². The number of nitrogens with zero attached hydrogens (tertiary/aromatic N) is 1. The summed E-state index contributed by atoms with van der Waals surface area (Å²) >= 11 is 1.68. The fraction of sp³-hybridized carbons (Fsp3) is 0.421. The van der Waals surface area contributed by atoms with Gasteiger partial charge < -0.3 is 14.4 Å². The van der Waals surface area contributed by atoms with Gasteiger partial charge in [0.25, 0.3) is 0 Å². The van der Waals surface area contributed by atoms with Gasteiger partial charge in [-0.2, -0.15) is 11.3 Å². The molecule has 0 N–H and O–H groups in total. The highest BCUT2D eigenvalue weighted by atomic mass is 32.1. The first-order valence-corrected chi connectivity index (χ1v) is 9.15. The van der Waals surface area contributed by atoms with Crippen molar-refractivity contribution < 1.29 is 14.3 Å². The van der Waals surface area contributed by atoms with Gasteiger partial charge in [0.05, 0.1) is 14.2 Å². The smallest absolute Gasteiger partial charge is 0.222 e. The topological polar surface area (TPSA) is 38.8 Å². The second kappa shape index (κ2) is 7.71. The molecule has 1 aromatic carbocycles. The van der Waals surface area contributed by atoms with Gasteiger partial charge in [0.2, 0.25) is 5.91 Å². The number of carbonyl (C=O) groups excluding carboxylic acids is 1. The van der Waals surface area contributed by atoms with Crippen LogP contribution in [0.15, 0.2) is 35.0 Å². The first kappa shape index (κ1) is 16.8. The molecule has 24 heavy (non-hydrogen) atoms. The summed E-state index contributed by atoms with van der Waals surface area (Å²) in [4.78, 5) is 14.4. The van der Waals surface area contributed by atoms with Gasteiger partial charge in [-0.3, -0.25) is 4.79 Å². The van der Waals surface area contributed by atoms with Crippen LogP contribution in [0.3, 0.4) is 0 Å². The minimum Gasteiger partial charge on any atom is -0.497 e. The number of likely N-dealkylation sites (tertiary alicyclic amines) is 1. The molecule has 128 valence electrons. The van der Waals surface area contributed by atoms with Crippen molar-refractivity contribution in [3.8, 4) is 11.5 Å². The zero-order valence-electron chi connectivity index (χ0n) is 14.2. The molecule has 1 fully saturated rings. The fourth-order valence-electron chi connectivity index (χ4n) is 3.17. The lowest BCUT2D eigenvalue weighted by atomic mass is 9.98. The maximum absolute atomic E-state index is 12.4. The van der Waals surface area contributed by atoms with E-state index in [1.165, 1.54) is 11.1 Å². The number of thiophene rings is 1. The summed E-state index contributed by atoms with van der Waals surface area (Å²) in [6.45, 7) is 1.60. The van der Waals surface area contributed by atoms with E-state index in [1.54, 1.807) is 25.6 Å². The summed E-state index contributed by atoms with van der Waals surface area (Å²) in [6, 6.07) is 8.06. The lowest BCUT2D eigenvalue weighted by molar-refractivity contribution is -0.130. The van der Waals surface area contributed by atoms with Gasteiger partial charge in [-0.05, 0) is 52.9 Å². The van der Waals surface area contributed by atoms with Gasteiger partial charge in [-0.15, -0.1) is 0 Å². The molecule has 1 atom stereocenters. The zero-order chi connectivity index (χ0) is 16.9. The van der Waals surface area contributed by atoms with Crippen LogP contribution in [0.2, 0.25) is 0 Å². The van der Waals surface area contributed by atoms with Crippen LogP contribution in [0.1, 0.15) is 29.9 Å². The van der Waals surface area contributed by atoms with Gasteiger partial charge in [0.1, 0.15) is 11.5 Å². The predicted octanol–water partition coefficient (Wildman–Crippen LogP) is 3.71. The third-order valence-electron chi connectivity index (χ3n) is 4.59. The van der Waals surface area contributed by atoms with Crippen molar-refractivity contribution >= 4 is 17.2 Å². The molecule has 1 aliphatic heterocycles. The molecule has 2 heterocycles. The molecule has 0 bridgehead atoms. The van der Waals surface area contributed by atoms with Gasteiger partial charge in [0.15, 0.2) is 0 Å². The maximum atomic E-state index is 12.4. The fourth-order valence-corrected chi connectivity index (χ4v) is 3.87. The Kier molecular flexibility index (Phi) is 5.41. The summed E-state index contributed by atoms with van der Waals surface area (Å²) < 4.78 is 10.7. The molecule has 1 aromatic heterocycles. The number of amides is 1. The average Bonchev–Trinajstić information content (AvgIpc) is 3.30. The second-order valence-electron chi connectivity index (χ2n) is 6.10. The van der Waals surface area contributed by atoms with Crippen molar-refractivity contribution in [1.29, 1.82) is 0 Å². The van der Waals surface area contributed by atoms with Crippen LogP contribution >= 0.6 is 11.3 Å². The Balaban J connectivity index is 1.61. The largest absolute Gasteiger partial charge is 0.497 e. The van der Waals surface area contributed by atoms with Crippen molar-refractivity contribution in [1.82, 2.24) is 4.90 Å². The second-order valence-corrected chi connectivity index (χ2v) is 6.88. The van der Waals surface area contributed by atoms with E-state index in [9.17, 15) is 4.79 Å². The van der Waals surface area contributed by atoms with Gasteiger partial charge in [-0.25, -0.2) is 0 Å². The average molecular weight is 345 g/mol. The number of ether oxygens (including phenoxy) is 2. The molecule has 0 spiro atoms. The number of rotatable bonds is 6. The van der Waals surface area contributed by atoms with Crippen LogP contribution in [0.4, 0.5) is 0 Å². The molecule has 1 amide bonds. The summed E-state index contributed by atoms with van der Waals surface area (Å²) in [7, 11) is 3.32. The van der Waals surface area contributed by atoms with E-state index in [2.05, 4.69) is 16.8 Å². The van der Waals surface area contributed by atoms with E-state index in [-0.39, 0.29) is 5.91 Å². The van der Waals surface area contributed by atoms with Crippen LogP contribution in [-0.4, -0.2) is 38.1 Å². The number of carbonyl (C=O) groups is 1. The Hall–Kier alpha value is -2.01. The summed E-state index contributed by atoms with van der Waals surface area (Å²) in [5.41, 5.74) is 2.43. The lowest BCUT2D eigenvalue weighted by Gasteiger charge is -2.17. The molecule has 3 rings (SSSR count). The zero-order valence-corrected chi connectivity index (χ0v) is 15.0. The normalized spacial score (nSPS) is 17.1. The summed E-state index contributed by atoms with van der Waals surface area (Å²) in [5.74, 6) is 2.19. The van der Waals surface area contributed by atoms with Gasteiger partial charge >= 0.3 is 0 Å². The molecule has 1 aliphatic rings. The quantitative estimate of drug-likeness (QED) is 0.801. The van der Waals surface area contributed by atoms with Crippen LogP contribution in [0.25, 0.3) is 0 Å². The van der Waals surface area contributed by atoms with Crippen LogP contribution in [0.5, 0.6) is 11.5 Å². The van der Waals surface area contributed by atoms with E-state index < -0.39 is 0 Å². The standard InChI is InChI=1S/C19H23NO3S/c1-22-17-9-16(10-18(11-17)23-2)15-5-7-20(12-15)19(21)4-3-14-6-8-24-13-14/h6,8-11,13,15H,3-5,7,12H2,1-2H3/t15-/m0/s1. The number of benzene rings is 1. The number of methoxy groups -OCH3 is 2. The van der Waals surface area contributed by atoms with E-state index in [4.69, 9.17) is 9.47 Å². The van der Waals surface area contributed by atoms with Crippen molar-refractivity contribution in [2.24, 2.45) is 0 Å². The highest BCUT2D eigenvalue weighted by molar-refractivity contribution is 7.07. The molecular formula is C19H23NO3S. The van der Waals surface area contributed by atoms with E-state index >= 15 is 0 Å². The monoisotopic (exact) mass is 345 g/mol. The Bertz CT molecular complexity index is 662. The third-order valence-corrected chi connectivity index (χ3v) is 5.33. The first-order valence-electron chi connectivity index (χ1n) is 8.21. The minimum absolute atomic E-state index is 0.249. The Morgan fingerprint density at radius 3 is 2.62 bits per heavy atom. The first-order chi connectivity index (χ1) is 11.7. The van der Waals surface area contributed by atoms with E-state index in [1.807, 2.05) is 23.1 Å². The highest BCUT2D eigenvalue weighted by Gasteiger charge is 2.27. The van der Waals surface area contributed by atoms with Gasteiger partial charge in [-0.1, -0.05) is 0 Å². The molecule has 2 aromatic rings. The molecule has 0 saturated carbocycles. The van der Waals surface area contributed by atoms with Crippen molar-refractivity contribution in [3.05, 3.63) is 46.2 Å². The van der Waals surface area contributed by atoms with Gasteiger partial charge in [0, 0.05) is 31.5 Å². The molecule has 4 nitrogen and oxygen atoms in total. The number of aryl methyl sites for hydroxylation is 1. The molecule has 1 saturated heterocycles. The van der Waals surface area contributed by atoms with E-state index in [0.717, 1.165) is 37.4 Å². The van der Waals surface area contributed by atoms with Crippen molar-refractivity contribution in [3.63, 3.8) is 0 Å². The Morgan fingerprint density at radius 2 is 2.00 bits per heavy atom. The molecule has 5 heteroatoms. The Morgan fingerprint density at radius 1 is 1.25 bits per heavy atom. The highest BCUT2D eigenvalue weighted by Crippen LogP contribution is 2.33. The van der Waals surface area contributed by atoms with E-state index in [0.29, 0.717) is 12.3 Å². The molecule has 0 radical (unpaired) electrons. The molecular weight excluding hydrogens is 322 g/mol. The SMILES string of the molecule is COc1cc(OC)cc([C@H]2CCN(C(=O)CCc3ccsc3)C2)c1. The van der Waals surface area contributed by atoms with Crippen molar-refractivity contribution in [2.75, 3.05) is 27.3 Å². The minimum atomic E-state index is 0.249. The summed E-state index contributed by atoms with van der Waals surface area (Å²) in [6.07, 6.45) is 2.40. The van der Waals surface area contributed by atoms with Crippen molar-refractivity contribution in [2.45, 2.75) is 25.2 Å². The predicted molar refractivity (Wildman–Crippen MR) is 96.1 cm³/mol.